The molecule has 5 nitrogen and oxygen atoms in total. The lowest BCUT2D eigenvalue weighted by molar-refractivity contribution is 0.0692. The van der Waals surface area contributed by atoms with Crippen molar-refractivity contribution >= 4 is 5.97 Å². The fourth-order valence-corrected chi connectivity index (χ4v) is 2.01. The third-order valence-corrected chi connectivity index (χ3v) is 3.07. The number of carbonyl (C=O) groups is 1. The number of aromatic nitrogens is 2. The van der Waals surface area contributed by atoms with Crippen molar-refractivity contribution in [1.29, 1.82) is 0 Å². The largest absolute Gasteiger partial charge is 0.477 e. The number of carboxylic acid groups (broad SMARTS) is 1. The Labute approximate surface area is 105 Å². The summed E-state index contributed by atoms with van der Waals surface area (Å²) < 4.78 is 1.39. The lowest BCUT2D eigenvalue weighted by Gasteiger charge is -2.11. The van der Waals surface area contributed by atoms with E-state index in [0.29, 0.717) is 24.6 Å². The van der Waals surface area contributed by atoms with E-state index < -0.39 is 11.5 Å². The van der Waals surface area contributed by atoms with Gasteiger partial charge in [-0.3, -0.25) is 9.36 Å². The van der Waals surface area contributed by atoms with Gasteiger partial charge in [-0.1, -0.05) is 13.8 Å². The number of hydrogen-bond donors (Lipinski definition) is 1. The lowest BCUT2D eigenvalue weighted by Crippen LogP contribution is -2.30. The predicted octanol–water partition coefficient (Wildman–Crippen LogP) is 1.55. The molecule has 0 amide bonds. The molecule has 0 radical (unpaired) electrons. The van der Waals surface area contributed by atoms with Gasteiger partial charge < -0.3 is 5.11 Å². The second-order valence-electron chi connectivity index (χ2n) is 5.37. The summed E-state index contributed by atoms with van der Waals surface area (Å²) in [7, 11) is 0. The zero-order chi connectivity index (χ0) is 13.3. The smallest absolute Gasteiger partial charge is 0.343 e. The molecular formula is C13H18N2O3. The van der Waals surface area contributed by atoms with Crippen molar-refractivity contribution in [2.24, 2.45) is 11.8 Å². The molecule has 1 aromatic heterocycles. The van der Waals surface area contributed by atoms with Crippen LogP contribution < -0.4 is 5.56 Å². The van der Waals surface area contributed by atoms with Crippen molar-refractivity contribution in [2.75, 3.05) is 0 Å². The van der Waals surface area contributed by atoms with E-state index in [2.05, 4.69) is 4.98 Å². The molecule has 0 aliphatic heterocycles. The maximum Gasteiger partial charge on any atom is 0.343 e. The van der Waals surface area contributed by atoms with Crippen LogP contribution >= 0.6 is 0 Å². The Kier molecular flexibility index (Phi) is 3.50. The third-order valence-electron chi connectivity index (χ3n) is 3.07. The summed E-state index contributed by atoms with van der Waals surface area (Å²) in [6, 6.07) is 0. The minimum absolute atomic E-state index is 0.148. The summed E-state index contributed by atoms with van der Waals surface area (Å²) in [6.45, 7) is 4.45. The predicted molar refractivity (Wildman–Crippen MR) is 66.7 cm³/mol. The molecule has 1 saturated carbocycles. The van der Waals surface area contributed by atoms with E-state index in [1.807, 2.05) is 13.8 Å². The Balaban J connectivity index is 2.40. The fourth-order valence-electron chi connectivity index (χ4n) is 2.01. The molecule has 1 fully saturated rings. The third kappa shape index (κ3) is 2.78. The van der Waals surface area contributed by atoms with Gasteiger partial charge in [0.15, 0.2) is 0 Å². The molecule has 5 heteroatoms. The van der Waals surface area contributed by atoms with Crippen LogP contribution in [0.4, 0.5) is 0 Å². The standard InChI is InChI=1S/C13H18N2O3/c1-8(2)6-15-7-14-10(5-9-3-4-9)11(12(15)16)13(17)18/h7-9H,3-6H2,1-2H3,(H,17,18). The molecule has 98 valence electrons. The van der Waals surface area contributed by atoms with Crippen molar-refractivity contribution in [1.82, 2.24) is 9.55 Å². The molecule has 1 aliphatic carbocycles. The minimum atomic E-state index is -1.17. The van der Waals surface area contributed by atoms with Crippen molar-refractivity contribution in [3.8, 4) is 0 Å². The van der Waals surface area contributed by atoms with Crippen LogP contribution in [0.2, 0.25) is 0 Å². The average molecular weight is 250 g/mol. The molecule has 1 heterocycles. The fraction of sp³-hybridized carbons (Fsp3) is 0.615. The van der Waals surface area contributed by atoms with E-state index in [-0.39, 0.29) is 11.5 Å². The summed E-state index contributed by atoms with van der Waals surface area (Å²) in [5.74, 6) is -0.377. The zero-order valence-corrected chi connectivity index (χ0v) is 10.7. The van der Waals surface area contributed by atoms with Crippen LogP contribution in [0.1, 0.15) is 42.7 Å². The maximum absolute atomic E-state index is 12.1. The molecule has 1 N–H and O–H groups in total. The second-order valence-corrected chi connectivity index (χ2v) is 5.37. The van der Waals surface area contributed by atoms with E-state index in [1.54, 1.807) is 0 Å². The van der Waals surface area contributed by atoms with Crippen LogP contribution in [0.5, 0.6) is 0 Å². The highest BCUT2D eigenvalue weighted by Crippen LogP contribution is 2.32. The van der Waals surface area contributed by atoms with Gasteiger partial charge in [0, 0.05) is 6.54 Å². The Morgan fingerprint density at radius 2 is 2.22 bits per heavy atom. The van der Waals surface area contributed by atoms with Gasteiger partial charge in [0.25, 0.3) is 5.56 Å². The molecule has 18 heavy (non-hydrogen) atoms. The first-order valence-corrected chi connectivity index (χ1v) is 6.30. The van der Waals surface area contributed by atoms with Crippen molar-refractivity contribution in [2.45, 2.75) is 39.7 Å². The molecule has 1 aliphatic rings. The summed E-state index contributed by atoms with van der Waals surface area (Å²) >= 11 is 0. The molecule has 2 rings (SSSR count). The van der Waals surface area contributed by atoms with E-state index >= 15 is 0 Å². The first-order chi connectivity index (χ1) is 8.49. The number of hydrogen-bond acceptors (Lipinski definition) is 3. The quantitative estimate of drug-likeness (QED) is 0.860. The Hall–Kier alpha value is -1.65. The highest BCUT2D eigenvalue weighted by Gasteiger charge is 2.27. The van der Waals surface area contributed by atoms with E-state index in [4.69, 9.17) is 0 Å². The number of aromatic carboxylic acids is 1. The van der Waals surface area contributed by atoms with Gasteiger partial charge in [0.1, 0.15) is 5.56 Å². The van der Waals surface area contributed by atoms with Crippen LogP contribution in [0.3, 0.4) is 0 Å². The average Bonchev–Trinajstić information content (AvgIpc) is 3.05. The highest BCUT2D eigenvalue weighted by atomic mass is 16.4. The summed E-state index contributed by atoms with van der Waals surface area (Å²) in [4.78, 5) is 27.5. The van der Waals surface area contributed by atoms with Gasteiger partial charge in [-0.25, -0.2) is 9.78 Å². The van der Waals surface area contributed by atoms with Gasteiger partial charge in [0.2, 0.25) is 0 Å². The SMILES string of the molecule is CC(C)Cn1cnc(CC2CC2)c(C(=O)O)c1=O. The first-order valence-electron chi connectivity index (χ1n) is 6.30. The second kappa shape index (κ2) is 4.92. The van der Waals surface area contributed by atoms with Gasteiger partial charge >= 0.3 is 5.97 Å². The summed E-state index contributed by atoms with van der Waals surface area (Å²) in [5.41, 5.74) is -0.137. The zero-order valence-electron chi connectivity index (χ0n) is 10.7. The van der Waals surface area contributed by atoms with E-state index in [0.717, 1.165) is 12.8 Å². The first kappa shape index (κ1) is 12.8. The van der Waals surface area contributed by atoms with Crippen LogP contribution in [-0.2, 0) is 13.0 Å². The van der Waals surface area contributed by atoms with Crippen molar-refractivity contribution in [3.05, 3.63) is 27.9 Å². The van der Waals surface area contributed by atoms with Gasteiger partial charge in [-0.15, -0.1) is 0 Å². The van der Waals surface area contributed by atoms with Crippen LogP contribution in [-0.4, -0.2) is 20.6 Å². The Morgan fingerprint density at radius 1 is 1.56 bits per heavy atom. The van der Waals surface area contributed by atoms with Crippen LogP contribution in [0.15, 0.2) is 11.1 Å². The van der Waals surface area contributed by atoms with Gasteiger partial charge in [0.05, 0.1) is 12.0 Å². The van der Waals surface area contributed by atoms with Crippen LogP contribution in [0, 0.1) is 11.8 Å². The topological polar surface area (TPSA) is 72.2 Å². The molecular weight excluding hydrogens is 232 g/mol. The number of carboxylic acids is 1. The summed E-state index contributed by atoms with van der Waals surface area (Å²) in [6.07, 6.45) is 4.30. The van der Waals surface area contributed by atoms with E-state index in [1.165, 1.54) is 10.9 Å². The highest BCUT2D eigenvalue weighted by molar-refractivity contribution is 5.88. The normalized spacial score (nSPS) is 15.1. The Morgan fingerprint density at radius 3 is 2.72 bits per heavy atom. The van der Waals surface area contributed by atoms with Gasteiger partial charge in [-0.05, 0) is 31.1 Å². The minimum Gasteiger partial charge on any atom is -0.477 e. The van der Waals surface area contributed by atoms with Gasteiger partial charge in [-0.2, -0.15) is 0 Å². The molecule has 0 bridgehead atoms. The van der Waals surface area contributed by atoms with Crippen molar-refractivity contribution < 1.29 is 9.90 Å². The Bertz CT molecular complexity index is 515. The number of nitrogens with zero attached hydrogens (tertiary/aromatic N) is 2. The van der Waals surface area contributed by atoms with Crippen LogP contribution in [0.25, 0.3) is 0 Å². The molecule has 0 aromatic carbocycles. The maximum atomic E-state index is 12.1. The molecule has 1 aromatic rings. The molecule has 0 atom stereocenters. The monoisotopic (exact) mass is 250 g/mol. The number of rotatable bonds is 5. The van der Waals surface area contributed by atoms with E-state index in [9.17, 15) is 14.7 Å². The molecule has 0 saturated heterocycles. The molecule has 0 unspecified atom stereocenters. The molecule has 0 spiro atoms. The summed E-state index contributed by atoms with van der Waals surface area (Å²) in [5, 5.41) is 9.19. The van der Waals surface area contributed by atoms with Crippen molar-refractivity contribution in [3.63, 3.8) is 0 Å². The lowest BCUT2D eigenvalue weighted by atomic mass is 10.1.